The molecule has 0 saturated heterocycles. The van der Waals surface area contributed by atoms with E-state index in [1.807, 2.05) is 0 Å². The number of nitrogens with one attached hydrogen (secondary N) is 1. The van der Waals surface area contributed by atoms with E-state index >= 15 is 0 Å². The van der Waals surface area contributed by atoms with Crippen LogP contribution in [-0.4, -0.2) is 36.1 Å². The van der Waals surface area contributed by atoms with Crippen LogP contribution in [0.25, 0.3) is 0 Å². The van der Waals surface area contributed by atoms with Crippen LogP contribution in [0.3, 0.4) is 0 Å². The predicted octanol–water partition coefficient (Wildman–Crippen LogP) is 2.67. The second kappa shape index (κ2) is 7.74. The van der Waals surface area contributed by atoms with Gasteiger partial charge >= 0.3 is 0 Å². The molecule has 1 N–H and O–H groups in total. The lowest BCUT2D eigenvalue weighted by molar-refractivity contribution is 0.405. The molecule has 0 spiro atoms. The van der Waals surface area contributed by atoms with Crippen molar-refractivity contribution in [2.24, 2.45) is 11.8 Å². The number of anilines is 1. The molecule has 1 aliphatic rings. The van der Waals surface area contributed by atoms with Crippen LogP contribution >= 0.6 is 0 Å². The number of rotatable bonds is 7. The predicted molar refractivity (Wildman–Crippen MR) is 88.8 cm³/mol. The van der Waals surface area contributed by atoms with Crippen LogP contribution in [0.5, 0.6) is 0 Å². The Balaban J connectivity index is 1.96. The van der Waals surface area contributed by atoms with E-state index < -0.39 is 0 Å². The third-order valence-corrected chi connectivity index (χ3v) is 4.27. The Labute approximate surface area is 129 Å². The van der Waals surface area contributed by atoms with Crippen LogP contribution in [0.2, 0.25) is 0 Å². The molecule has 0 amide bonds. The van der Waals surface area contributed by atoms with Crippen LogP contribution in [-0.2, 0) is 12.8 Å². The summed E-state index contributed by atoms with van der Waals surface area (Å²) >= 11 is 0. The smallest absolute Gasteiger partial charge is 0.225 e. The van der Waals surface area contributed by atoms with Gasteiger partial charge in [0.2, 0.25) is 5.95 Å². The molecule has 0 fully saturated rings. The maximum Gasteiger partial charge on any atom is 0.225 e. The van der Waals surface area contributed by atoms with Crippen LogP contribution < -0.4 is 10.2 Å². The molecule has 0 aliphatic heterocycles. The lowest BCUT2D eigenvalue weighted by atomic mass is 9.87. The van der Waals surface area contributed by atoms with E-state index in [4.69, 9.17) is 4.98 Å². The van der Waals surface area contributed by atoms with Gasteiger partial charge in [-0.2, -0.15) is 0 Å². The molecule has 1 heterocycles. The zero-order valence-corrected chi connectivity index (χ0v) is 14.0. The number of aromatic nitrogens is 2. The first-order valence-corrected chi connectivity index (χ1v) is 8.44. The Morgan fingerprint density at radius 3 is 2.76 bits per heavy atom. The summed E-state index contributed by atoms with van der Waals surface area (Å²) in [5.74, 6) is 2.36. The minimum atomic E-state index is 0.723. The third-order valence-electron chi connectivity index (χ3n) is 4.27. The normalized spacial score (nSPS) is 17.9. The van der Waals surface area contributed by atoms with E-state index in [1.165, 1.54) is 17.7 Å². The van der Waals surface area contributed by atoms with Crippen molar-refractivity contribution in [3.05, 3.63) is 17.5 Å². The highest BCUT2D eigenvalue weighted by Gasteiger charge is 2.21. The fraction of sp³-hybridized carbons (Fsp3) is 0.765. The number of aryl methyl sites for hydroxylation is 1. The lowest BCUT2D eigenvalue weighted by Gasteiger charge is -2.26. The van der Waals surface area contributed by atoms with E-state index in [2.05, 4.69) is 49.1 Å². The van der Waals surface area contributed by atoms with Crippen molar-refractivity contribution in [2.45, 2.75) is 47.0 Å². The summed E-state index contributed by atoms with van der Waals surface area (Å²) in [6.07, 6.45) is 5.52. The van der Waals surface area contributed by atoms with E-state index in [9.17, 15) is 0 Å². The molecule has 1 unspecified atom stereocenters. The highest BCUT2D eigenvalue weighted by molar-refractivity contribution is 5.34. The van der Waals surface area contributed by atoms with E-state index in [1.54, 1.807) is 0 Å². The maximum atomic E-state index is 4.79. The topological polar surface area (TPSA) is 41.1 Å². The van der Waals surface area contributed by atoms with Crippen molar-refractivity contribution in [3.63, 3.8) is 0 Å². The van der Waals surface area contributed by atoms with Gasteiger partial charge in [-0.05, 0) is 63.6 Å². The van der Waals surface area contributed by atoms with Gasteiger partial charge < -0.3 is 10.2 Å². The quantitative estimate of drug-likeness (QED) is 0.838. The second-order valence-electron chi connectivity index (χ2n) is 6.48. The molecule has 0 radical (unpaired) electrons. The minimum Gasteiger partial charge on any atom is -0.341 e. The average Bonchev–Trinajstić information content (AvgIpc) is 2.48. The molecule has 4 nitrogen and oxygen atoms in total. The van der Waals surface area contributed by atoms with Gasteiger partial charge in [0, 0.05) is 25.0 Å². The molecule has 1 aliphatic carbocycles. The molecule has 1 aromatic rings. The second-order valence-corrected chi connectivity index (χ2v) is 6.48. The van der Waals surface area contributed by atoms with Crippen molar-refractivity contribution in [3.8, 4) is 0 Å². The van der Waals surface area contributed by atoms with Crippen LogP contribution in [0.15, 0.2) is 6.20 Å². The van der Waals surface area contributed by atoms with Gasteiger partial charge in [0.05, 0.1) is 0 Å². The summed E-state index contributed by atoms with van der Waals surface area (Å²) in [5, 5.41) is 3.58. The van der Waals surface area contributed by atoms with Crippen molar-refractivity contribution in [1.82, 2.24) is 15.3 Å². The van der Waals surface area contributed by atoms with Crippen LogP contribution in [0.1, 0.15) is 45.4 Å². The van der Waals surface area contributed by atoms with E-state index in [-0.39, 0.29) is 0 Å². The van der Waals surface area contributed by atoms with Gasteiger partial charge in [0.25, 0.3) is 0 Å². The van der Waals surface area contributed by atoms with Crippen molar-refractivity contribution in [1.29, 1.82) is 0 Å². The van der Waals surface area contributed by atoms with Crippen LogP contribution in [0.4, 0.5) is 5.95 Å². The number of nitrogens with zero attached hydrogens (tertiary/aromatic N) is 3. The van der Waals surface area contributed by atoms with Crippen molar-refractivity contribution in [2.75, 3.05) is 31.1 Å². The third kappa shape index (κ3) is 4.40. The first-order chi connectivity index (χ1) is 10.1. The average molecular weight is 290 g/mol. The summed E-state index contributed by atoms with van der Waals surface area (Å²) in [5.41, 5.74) is 2.63. The molecule has 0 bridgehead atoms. The molecule has 4 heteroatoms. The molecule has 2 rings (SSSR count). The highest BCUT2D eigenvalue weighted by Crippen LogP contribution is 2.24. The molecular weight excluding hydrogens is 260 g/mol. The van der Waals surface area contributed by atoms with Gasteiger partial charge in [-0.15, -0.1) is 0 Å². The fourth-order valence-electron chi connectivity index (χ4n) is 2.98. The molecule has 0 aromatic carbocycles. The largest absolute Gasteiger partial charge is 0.341 e. The summed E-state index contributed by atoms with van der Waals surface area (Å²) in [6, 6.07) is 0. The summed E-state index contributed by atoms with van der Waals surface area (Å²) < 4.78 is 0. The van der Waals surface area contributed by atoms with Crippen molar-refractivity contribution >= 4 is 5.95 Å². The lowest BCUT2D eigenvalue weighted by Crippen LogP contribution is -2.31. The molecule has 21 heavy (non-hydrogen) atoms. The number of hydrogen-bond acceptors (Lipinski definition) is 4. The Bertz CT molecular complexity index is 440. The zero-order valence-electron chi connectivity index (χ0n) is 14.0. The van der Waals surface area contributed by atoms with Gasteiger partial charge in [-0.25, -0.2) is 9.97 Å². The van der Waals surface area contributed by atoms with Gasteiger partial charge in [0.15, 0.2) is 0 Å². The number of fused-ring (bicyclic) bond motifs is 1. The number of hydrogen-bond donors (Lipinski definition) is 1. The van der Waals surface area contributed by atoms with Crippen LogP contribution in [0, 0.1) is 11.8 Å². The SMILES string of the molecule is CCN(CC)c1ncc2c(n1)CCC(CNCC(C)C)C2. The van der Waals surface area contributed by atoms with E-state index in [0.717, 1.165) is 56.8 Å². The standard InChI is InChI=1S/C17H30N4/c1-5-21(6-2)17-19-12-15-9-14(7-8-16(15)20-17)11-18-10-13(3)4/h12-14,18H,5-11H2,1-4H3. The first kappa shape index (κ1) is 16.2. The summed E-state index contributed by atoms with van der Waals surface area (Å²) in [7, 11) is 0. The van der Waals surface area contributed by atoms with Gasteiger partial charge in [-0.1, -0.05) is 13.8 Å². The summed E-state index contributed by atoms with van der Waals surface area (Å²) in [6.45, 7) is 13.0. The Hall–Kier alpha value is -1.16. The molecular formula is C17H30N4. The van der Waals surface area contributed by atoms with E-state index in [0.29, 0.717) is 0 Å². The minimum absolute atomic E-state index is 0.723. The highest BCUT2D eigenvalue weighted by atomic mass is 15.2. The van der Waals surface area contributed by atoms with Crippen molar-refractivity contribution < 1.29 is 0 Å². The summed E-state index contributed by atoms with van der Waals surface area (Å²) in [4.78, 5) is 11.6. The molecule has 118 valence electrons. The maximum absolute atomic E-state index is 4.79. The Morgan fingerprint density at radius 1 is 1.33 bits per heavy atom. The van der Waals surface area contributed by atoms with Gasteiger partial charge in [-0.3, -0.25) is 0 Å². The Morgan fingerprint density at radius 2 is 2.10 bits per heavy atom. The zero-order chi connectivity index (χ0) is 15.2. The first-order valence-electron chi connectivity index (χ1n) is 8.44. The fourth-order valence-corrected chi connectivity index (χ4v) is 2.98. The Kier molecular flexibility index (Phi) is 5.97. The monoisotopic (exact) mass is 290 g/mol. The molecule has 0 saturated carbocycles. The molecule has 1 aromatic heterocycles. The molecule has 1 atom stereocenters. The van der Waals surface area contributed by atoms with Gasteiger partial charge in [0.1, 0.15) is 0 Å².